The van der Waals surface area contributed by atoms with Crippen LogP contribution in [0, 0.1) is 6.92 Å². The minimum Gasteiger partial charge on any atom is -0.392 e. The van der Waals surface area contributed by atoms with E-state index < -0.39 is 0 Å². The highest BCUT2D eigenvalue weighted by Crippen LogP contribution is 2.20. The standard InChI is InChI=1S/C13H20O2S/c1-11-5-3-7-13(9-11)16-10-12(14)6-4-8-15-2/h3,5,7,9,12,14H,4,6,8,10H2,1-2H3. The van der Waals surface area contributed by atoms with Crippen LogP contribution in [-0.2, 0) is 4.74 Å². The number of hydrogen-bond donors (Lipinski definition) is 1. The van der Waals surface area contributed by atoms with Crippen molar-refractivity contribution in [1.82, 2.24) is 0 Å². The Kier molecular flexibility index (Phi) is 6.53. The van der Waals surface area contributed by atoms with E-state index in [4.69, 9.17) is 4.74 Å². The Morgan fingerprint density at radius 3 is 2.94 bits per heavy atom. The van der Waals surface area contributed by atoms with Crippen molar-refractivity contribution in [3.8, 4) is 0 Å². The lowest BCUT2D eigenvalue weighted by atomic mass is 10.2. The Labute approximate surface area is 102 Å². The van der Waals surface area contributed by atoms with Crippen molar-refractivity contribution in [1.29, 1.82) is 0 Å². The quantitative estimate of drug-likeness (QED) is 0.587. The second kappa shape index (κ2) is 7.71. The van der Waals surface area contributed by atoms with Gasteiger partial charge in [0.25, 0.3) is 0 Å². The molecule has 0 aliphatic rings. The van der Waals surface area contributed by atoms with E-state index in [1.807, 2.05) is 0 Å². The summed E-state index contributed by atoms with van der Waals surface area (Å²) < 4.78 is 4.95. The van der Waals surface area contributed by atoms with Gasteiger partial charge < -0.3 is 9.84 Å². The molecule has 16 heavy (non-hydrogen) atoms. The molecule has 1 rings (SSSR count). The minimum absolute atomic E-state index is 0.235. The van der Waals surface area contributed by atoms with E-state index in [1.165, 1.54) is 10.5 Å². The van der Waals surface area contributed by atoms with Crippen LogP contribution >= 0.6 is 11.8 Å². The van der Waals surface area contributed by atoms with Crippen molar-refractivity contribution in [2.75, 3.05) is 19.5 Å². The molecule has 1 atom stereocenters. The monoisotopic (exact) mass is 240 g/mol. The number of aryl methyl sites for hydroxylation is 1. The number of rotatable bonds is 7. The van der Waals surface area contributed by atoms with Gasteiger partial charge in [-0.2, -0.15) is 0 Å². The van der Waals surface area contributed by atoms with Gasteiger partial charge in [0.05, 0.1) is 6.10 Å². The molecular formula is C13H20O2S. The third-order valence-electron chi connectivity index (χ3n) is 2.32. The van der Waals surface area contributed by atoms with Gasteiger partial charge in [0.2, 0.25) is 0 Å². The number of aliphatic hydroxyl groups is 1. The van der Waals surface area contributed by atoms with E-state index in [9.17, 15) is 5.11 Å². The molecule has 0 saturated heterocycles. The van der Waals surface area contributed by atoms with Crippen molar-refractivity contribution >= 4 is 11.8 Å². The zero-order valence-electron chi connectivity index (χ0n) is 9.98. The van der Waals surface area contributed by atoms with Crippen LogP contribution in [-0.4, -0.2) is 30.7 Å². The summed E-state index contributed by atoms with van der Waals surface area (Å²) >= 11 is 1.71. The molecule has 0 spiro atoms. The fourth-order valence-electron chi connectivity index (χ4n) is 1.44. The maximum absolute atomic E-state index is 9.73. The smallest absolute Gasteiger partial charge is 0.0635 e. The van der Waals surface area contributed by atoms with Crippen molar-refractivity contribution in [3.63, 3.8) is 0 Å². The molecule has 0 bridgehead atoms. The van der Waals surface area contributed by atoms with Gasteiger partial charge >= 0.3 is 0 Å². The van der Waals surface area contributed by atoms with Crippen molar-refractivity contribution in [2.24, 2.45) is 0 Å². The summed E-state index contributed by atoms with van der Waals surface area (Å²) in [6.45, 7) is 2.81. The second-order valence-corrected chi connectivity index (χ2v) is 5.01. The highest BCUT2D eigenvalue weighted by molar-refractivity contribution is 7.99. The first kappa shape index (κ1) is 13.6. The summed E-state index contributed by atoms with van der Waals surface area (Å²) in [6.07, 6.45) is 1.50. The molecule has 0 aromatic heterocycles. The zero-order chi connectivity index (χ0) is 11.8. The Morgan fingerprint density at radius 2 is 2.25 bits per heavy atom. The Morgan fingerprint density at radius 1 is 1.44 bits per heavy atom. The normalized spacial score (nSPS) is 12.7. The van der Waals surface area contributed by atoms with Gasteiger partial charge in [-0.05, 0) is 31.9 Å². The fraction of sp³-hybridized carbons (Fsp3) is 0.538. The Hall–Kier alpha value is -0.510. The van der Waals surface area contributed by atoms with Gasteiger partial charge in [0.15, 0.2) is 0 Å². The highest BCUT2D eigenvalue weighted by atomic mass is 32.2. The molecular weight excluding hydrogens is 220 g/mol. The molecule has 1 unspecified atom stereocenters. The van der Waals surface area contributed by atoms with Crippen LogP contribution < -0.4 is 0 Å². The first-order valence-electron chi connectivity index (χ1n) is 5.59. The zero-order valence-corrected chi connectivity index (χ0v) is 10.8. The summed E-state index contributed by atoms with van der Waals surface area (Å²) in [7, 11) is 1.69. The van der Waals surface area contributed by atoms with Crippen molar-refractivity contribution in [2.45, 2.75) is 30.8 Å². The summed E-state index contributed by atoms with van der Waals surface area (Å²) in [5, 5.41) is 9.73. The first-order chi connectivity index (χ1) is 7.72. The second-order valence-electron chi connectivity index (χ2n) is 3.92. The molecule has 0 radical (unpaired) electrons. The van der Waals surface area contributed by atoms with Gasteiger partial charge in [-0.15, -0.1) is 11.8 Å². The summed E-state index contributed by atoms with van der Waals surface area (Å²) in [5.41, 5.74) is 1.26. The number of benzene rings is 1. The molecule has 0 fully saturated rings. The van der Waals surface area contributed by atoms with Crippen LogP contribution in [0.2, 0.25) is 0 Å². The largest absolute Gasteiger partial charge is 0.392 e. The van der Waals surface area contributed by atoms with Crippen LogP contribution in [0.5, 0.6) is 0 Å². The van der Waals surface area contributed by atoms with Gasteiger partial charge in [-0.3, -0.25) is 0 Å². The Balaban J connectivity index is 2.23. The number of aliphatic hydroxyl groups excluding tert-OH is 1. The average Bonchev–Trinajstić information content (AvgIpc) is 2.27. The predicted octanol–water partition coefficient (Wildman–Crippen LogP) is 2.87. The number of ether oxygens (including phenoxy) is 1. The molecule has 1 aromatic rings. The minimum atomic E-state index is -0.235. The molecule has 0 aliphatic carbocycles. The third-order valence-corrected chi connectivity index (χ3v) is 3.46. The molecule has 0 saturated carbocycles. The molecule has 2 nitrogen and oxygen atoms in total. The van der Waals surface area contributed by atoms with E-state index in [0.717, 1.165) is 25.2 Å². The summed E-state index contributed by atoms with van der Waals surface area (Å²) in [4.78, 5) is 1.23. The van der Waals surface area contributed by atoms with Gasteiger partial charge in [-0.1, -0.05) is 17.7 Å². The van der Waals surface area contributed by atoms with Crippen LogP contribution in [0.15, 0.2) is 29.2 Å². The van der Waals surface area contributed by atoms with Crippen LogP contribution in [0.3, 0.4) is 0 Å². The Bertz CT molecular complexity index is 302. The van der Waals surface area contributed by atoms with E-state index in [2.05, 4.69) is 31.2 Å². The number of hydrogen-bond acceptors (Lipinski definition) is 3. The molecule has 1 aromatic carbocycles. The van der Waals surface area contributed by atoms with E-state index >= 15 is 0 Å². The number of methoxy groups -OCH3 is 1. The van der Waals surface area contributed by atoms with Gasteiger partial charge in [0, 0.05) is 24.4 Å². The molecule has 3 heteroatoms. The number of thioether (sulfide) groups is 1. The topological polar surface area (TPSA) is 29.5 Å². The van der Waals surface area contributed by atoms with Crippen LogP contribution in [0.1, 0.15) is 18.4 Å². The average molecular weight is 240 g/mol. The van der Waals surface area contributed by atoms with Crippen molar-refractivity contribution < 1.29 is 9.84 Å². The van der Waals surface area contributed by atoms with Gasteiger partial charge in [0.1, 0.15) is 0 Å². The van der Waals surface area contributed by atoms with Crippen molar-refractivity contribution in [3.05, 3.63) is 29.8 Å². The molecule has 0 aliphatic heterocycles. The molecule has 90 valence electrons. The van der Waals surface area contributed by atoms with Crippen LogP contribution in [0.25, 0.3) is 0 Å². The SMILES string of the molecule is COCCCC(O)CSc1cccc(C)c1. The predicted molar refractivity (Wildman–Crippen MR) is 69.0 cm³/mol. The van der Waals surface area contributed by atoms with Crippen LogP contribution in [0.4, 0.5) is 0 Å². The first-order valence-corrected chi connectivity index (χ1v) is 6.57. The maximum Gasteiger partial charge on any atom is 0.0635 e. The molecule has 0 heterocycles. The third kappa shape index (κ3) is 5.54. The maximum atomic E-state index is 9.73. The van der Waals surface area contributed by atoms with E-state index in [1.54, 1.807) is 18.9 Å². The molecule has 1 N–H and O–H groups in total. The highest BCUT2D eigenvalue weighted by Gasteiger charge is 2.04. The van der Waals surface area contributed by atoms with Gasteiger partial charge in [-0.25, -0.2) is 0 Å². The lowest BCUT2D eigenvalue weighted by Gasteiger charge is -2.09. The summed E-state index contributed by atoms with van der Waals surface area (Å²) in [5.74, 6) is 0.757. The fourth-order valence-corrected chi connectivity index (χ4v) is 2.44. The lowest BCUT2D eigenvalue weighted by molar-refractivity contribution is 0.149. The summed E-state index contributed by atoms with van der Waals surface area (Å²) in [6, 6.07) is 8.36. The van der Waals surface area contributed by atoms with E-state index in [0.29, 0.717) is 0 Å². The van der Waals surface area contributed by atoms with E-state index in [-0.39, 0.29) is 6.10 Å². The lowest BCUT2D eigenvalue weighted by Crippen LogP contribution is -2.10. The molecule has 0 amide bonds.